The third-order valence-electron chi connectivity index (χ3n) is 6.91. The van der Waals surface area contributed by atoms with Crippen LogP contribution in [0.5, 0.6) is 0 Å². The molecule has 2 rings (SSSR count). The van der Waals surface area contributed by atoms with Crippen LogP contribution >= 0.6 is 15.2 Å². The molecule has 0 aromatic rings. The molecule has 0 saturated carbocycles. The van der Waals surface area contributed by atoms with E-state index in [2.05, 4.69) is 23.6 Å². The monoisotopic (exact) mass is 596 g/mol. The first kappa shape index (κ1) is 36.5. The first-order valence-corrected chi connectivity index (χ1v) is 18.3. The van der Waals surface area contributed by atoms with Gasteiger partial charge in [-0.2, -0.15) is 0 Å². The summed E-state index contributed by atoms with van der Waals surface area (Å²) < 4.78 is 47.9. The zero-order valence-electron chi connectivity index (χ0n) is 24.6. The minimum atomic E-state index is -2.92. The molecule has 0 aliphatic carbocycles. The molecule has 4 atom stereocenters. The predicted octanol–water partition coefficient (Wildman–Crippen LogP) is 7.52. The van der Waals surface area contributed by atoms with Crippen molar-refractivity contribution in [3.8, 4) is 0 Å². The molecule has 39 heavy (non-hydrogen) atoms. The van der Waals surface area contributed by atoms with E-state index in [9.17, 15) is 13.9 Å². The number of aliphatic hydroxyl groups excluding tert-OH is 1. The topological polar surface area (TPSA) is 118 Å². The van der Waals surface area contributed by atoms with Gasteiger partial charge in [-0.3, -0.25) is 13.9 Å². The molecule has 2 heterocycles. The average molecular weight is 597 g/mol. The summed E-state index contributed by atoms with van der Waals surface area (Å²) in [6, 6.07) is 0. The van der Waals surface area contributed by atoms with Crippen LogP contribution in [-0.4, -0.2) is 64.0 Å². The molecule has 2 aliphatic rings. The van der Waals surface area contributed by atoms with E-state index in [0.717, 1.165) is 12.8 Å². The highest BCUT2D eigenvalue weighted by molar-refractivity contribution is 7.54. The van der Waals surface area contributed by atoms with Crippen LogP contribution in [0, 0.1) is 11.8 Å². The number of carbonyl (C=O) groups excluding carboxylic acids is 1. The van der Waals surface area contributed by atoms with Gasteiger partial charge in [-0.1, -0.05) is 70.4 Å². The van der Waals surface area contributed by atoms with Gasteiger partial charge >= 0.3 is 21.2 Å². The van der Waals surface area contributed by atoms with E-state index in [-0.39, 0.29) is 31.0 Å². The van der Waals surface area contributed by atoms with Crippen LogP contribution in [0.25, 0.3) is 0 Å². The molecule has 0 aromatic heterocycles. The van der Waals surface area contributed by atoms with E-state index in [4.69, 9.17) is 23.4 Å². The lowest BCUT2D eigenvalue weighted by Crippen LogP contribution is -2.16. The second-order valence-electron chi connectivity index (χ2n) is 10.5. The van der Waals surface area contributed by atoms with Crippen LogP contribution in [0.2, 0.25) is 0 Å². The molecular formula is C28H54O9P2. The highest BCUT2D eigenvalue weighted by atomic mass is 31.2. The van der Waals surface area contributed by atoms with Crippen LogP contribution in [0.15, 0.2) is 12.2 Å². The number of hydrogen-bond donors (Lipinski definition) is 1. The lowest BCUT2D eigenvalue weighted by molar-refractivity contribution is -0.145. The van der Waals surface area contributed by atoms with Crippen molar-refractivity contribution in [1.29, 1.82) is 0 Å². The number of rotatable bonds is 20. The summed E-state index contributed by atoms with van der Waals surface area (Å²) in [7, 11) is -2.95. The quantitative estimate of drug-likeness (QED) is 0.0659. The largest absolute Gasteiger partial charge is 0.465 e. The third kappa shape index (κ3) is 17.8. The van der Waals surface area contributed by atoms with Crippen molar-refractivity contribution < 1.29 is 41.9 Å². The zero-order chi connectivity index (χ0) is 28.8. The van der Waals surface area contributed by atoms with E-state index in [0.29, 0.717) is 32.0 Å². The van der Waals surface area contributed by atoms with Crippen molar-refractivity contribution in [3.05, 3.63) is 12.2 Å². The number of carbonyl (C=O) groups is 1. The molecule has 2 aliphatic heterocycles. The Hall–Kier alpha value is -0.530. The Morgan fingerprint density at radius 3 is 1.77 bits per heavy atom. The van der Waals surface area contributed by atoms with Gasteiger partial charge in [0, 0.05) is 39.1 Å². The van der Waals surface area contributed by atoms with Crippen molar-refractivity contribution >= 4 is 21.2 Å². The van der Waals surface area contributed by atoms with Gasteiger partial charge in [0.15, 0.2) is 0 Å². The van der Waals surface area contributed by atoms with Gasteiger partial charge in [-0.05, 0) is 32.1 Å². The van der Waals surface area contributed by atoms with Crippen molar-refractivity contribution in [2.75, 3.05) is 53.0 Å². The minimum Gasteiger partial charge on any atom is -0.465 e. The standard InChI is InChI=1S/C23H43O5P.C5H11O4P/c1-3-4-5-6-7-8-9-10-11-12-13-14-15-16-17-18-23(24)27-19-22-20-28-29(25,21-22)26-2;1-8-10(7)4-5(2-6)3-9-10/h10-11,22H,3-9,12-21H2,1-2H3;5-6H,2-4H2,1H3/b11-10-;. The van der Waals surface area contributed by atoms with E-state index in [1.165, 1.54) is 84.8 Å². The molecule has 11 heteroatoms. The van der Waals surface area contributed by atoms with Crippen molar-refractivity contribution in [2.45, 2.75) is 96.8 Å². The van der Waals surface area contributed by atoms with Crippen molar-refractivity contribution in [3.63, 3.8) is 0 Å². The summed E-state index contributed by atoms with van der Waals surface area (Å²) in [4.78, 5) is 11.8. The fourth-order valence-corrected chi connectivity index (χ4v) is 7.66. The molecule has 4 unspecified atom stereocenters. The number of hydrogen-bond acceptors (Lipinski definition) is 9. The highest BCUT2D eigenvalue weighted by Crippen LogP contribution is 2.54. The number of allylic oxidation sites excluding steroid dienone is 2. The molecule has 2 fully saturated rings. The summed E-state index contributed by atoms with van der Waals surface area (Å²) in [5.74, 6) is -0.189. The molecule has 0 spiro atoms. The average Bonchev–Trinajstić information content (AvgIpc) is 3.53. The number of esters is 1. The molecule has 0 radical (unpaired) electrons. The van der Waals surface area contributed by atoms with Gasteiger partial charge in [0.2, 0.25) is 0 Å². The van der Waals surface area contributed by atoms with E-state index in [1.807, 2.05) is 0 Å². The number of unbranched alkanes of at least 4 members (excludes halogenated alkanes) is 11. The highest BCUT2D eigenvalue weighted by Gasteiger charge is 2.36. The molecule has 1 N–H and O–H groups in total. The fraction of sp³-hybridized carbons (Fsp3) is 0.893. The summed E-state index contributed by atoms with van der Waals surface area (Å²) in [5, 5.41) is 8.64. The SMILES string of the molecule is CCCCCCCC/C=C\CCCCCCCC(=O)OCC1COP(=O)(OC)C1.COP1(=O)CC(CO)CO1. The fourth-order valence-electron chi connectivity index (χ4n) is 4.37. The van der Waals surface area contributed by atoms with Crippen LogP contribution in [-0.2, 0) is 36.8 Å². The molecule has 0 aromatic carbocycles. The Morgan fingerprint density at radius 1 is 0.795 bits per heavy atom. The lowest BCUT2D eigenvalue weighted by atomic mass is 10.1. The molecule has 230 valence electrons. The Balaban J connectivity index is 0.000000633. The Labute approximate surface area is 236 Å². The first-order chi connectivity index (χ1) is 18.8. The second-order valence-corrected chi connectivity index (χ2v) is 14.9. The molecule has 9 nitrogen and oxygen atoms in total. The maximum atomic E-state index is 11.9. The van der Waals surface area contributed by atoms with Gasteiger partial charge in [-0.25, -0.2) is 0 Å². The summed E-state index contributed by atoms with van der Waals surface area (Å²) in [6.45, 7) is 3.24. The number of aliphatic hydroxyl groups is 1. The summed E-state index contributed by atoms with van der Waals surface area (Å²) in [6.07, 6.45) is 22.0. The summed E-state index contributed by atoms with van der Waals surface area (Å²) >= 11 is 0. The predicted molar refractivity (Wildman–Crippen MR) is 155 cm³/mol. The molecule has 0 bridgehead atoms. The lowest BCUT2D eigenvalue weighted by Gasteiger charge is -2.09. The molecule has 2 saturated heterocycles. The van der Waals surface area contributed by atoms with Gasteiger partial charge in [0.1, 0.15) is 0 Å². The maximum absolute atomic E-state index is 11.9. The van der Waals surface area contributed by atoms with E-state index < -0.39 is 15.2 Å². The molecular weight excluding hydrogens is 542 g/mol. The Kier molecular flexibility index (Phi) is 20.7. The van der Waals surface area contributed by atoms with Crippen LogP contribution < -0.4 is 0 Å². The van der Waals surface area contributed by atoms with Crippen LogP contribution in [0.1, 0.15) is 96.8 Å². The van der Waals surface area contributed by atoms with Gasteiger partial charge in [0.25, 0.3) is 0 Å². The minimum absolute atomic E-state index is 0.00853. The van der Waals surface area contributed by atoms with E-state index in [1.54, 1.807) is 0 Å². The van der Waals surface area contributed by atoms with Crippen molar-refractivity contribution in [1.82, 2.24) is 0 Å². The van der Waals surface area contributed by atoms with Gasteiger partial charge in [-0.15, -0.1) is 0 Å². The smallest absolute Gasteiger partial charge is 0.330 e. The van der Waals surface area contributed by atoms with E-state index >= 15 is 0 Å². The Morgan fingerprint density at radius 2 is 1.28 bits per heavy atom. The van der Waals surface area contributed by atoms with Crippen LogP contribution in [0.3, 0.4) is 0 Å². The van der Waals surface area contributed by atoms with Gasteiger partial charge < -0.3 is 27.9 Å². The third-order valence-corrected chi connectivity index (χ3v) is 11.0. The summed E-state index contributed by atoms with van der Waals surface area (Å²) in [5.41, 5.74) is 0. The first-order valence-electron chi connectivity index (χ1n) is 14.8. The van der Waals surface area contributed by atoms with Gasteiger partial charge in [0.05, 0.1) is 32.1 Å². The van der Waals surface area contributed by atoms with Crippen molar-refractivity contribution in [2.24, 2.45) is 11.8 Å². The van der Waals surface area contributed by atoms with Crippen LogP contribution in [0.4, 0.5) is 0 Å². The normalized spacial score (nSPS) is 26.6. The number of ether oxygens (including phenoxy) is 1. The zero-order valence-corrected chi connectivity index (χ0v) is 26.3. The second kappa shape index (κ2) is 22.1. The maximum Gasteiger partial charge on any atom is 0.330 e. The Bertz CT molecular complexity index is 759. The molecule has 0 amide bonds.